The van der Waals surface area contributed by atoms with E-state index >= 15 is 0 Å². The zero-order chi connectivity index (χ0) is 18.4. The molecule has 1 atom stereocenters. The van der Waals surface area contributed by atoms with E-state index in [-0.39, 0.29) is 11.9 Å². The monoisotopic (exact) mass is 346 g/mol. The lowest BCUT2D eigenvalue weighted by Gasteiger charge is -2.14. The van der Waals surface area contributed by atoms with Crippen molar-refractivity contribution in [2.45, 2.75) is 26.3 Å². The van der Waals surface area contributed by atoms with E-state index in [1.807, 2.05) is 49.4 Å². The number of hydrogen-bond donors (Lipinski definition) is 2. The van der Waals surface area contributed by atoms with Gasteiger partial charge in [0, 0.05) is 18.1 Å². The molecule has 0 saturated heterocycles. The molecule has 1 heterocycles. The van der Waals surface area contributed by atoms with Gasteiger partial charge in [0.25, 0.3) is 5.91 Å². The molecule has 1 unspecified atom stereocenters. The van der Waals surface area contributed by atoms with Crippen LogP contribution in [0.15, 0.2) is 67.0 Å². The van der Waals surface area contributed by atoms with Crippen LogP contribution in [0.3, 0.4) is 0 Å². The van der Waals surface area contributed by atoms with E-state index in [2.05, 4.69) is 39.7 Å². The normalized spacial score (nSPS) is 11.6. The summed E-state index contributed by atoms with van der Waals surface area (Å²) >= 11 is 0. The van der Waals surface area contributed by atoms with Crippen LogP contribution < -0.4 is 10.6 Å². The van der Waals surface area contributed by atoms with Gasteiger partial charge < -0.3 is 10.6 Å². The summed E-state index contributed by atoms with van der Waals surface area (Å²) in [6, 6.07) is 17.9. The van der Waals surface area contributed by atoms with Gasteiger partial charge in [-0.15, -0.1) is 0 Å². The van der Waals surface area contributed by atoms with Crippen LogP contribution in [0.1, 0.15) is 41.4 Å². The molecule has 0 aliphatic rings. The van der Waals surface area contributed by atoms with Gasteiger partial charge >= 0.3 is 0 Å². The Morgan fingerprint density at radius 1 is 1.00 bits per heavy atom. The average Bonchev–Trinajstić information content (AvgIpc) is 2.69. The molecule has 0 aliphatic heterocycles. The molecule has 26 heavy (non-hydrogen) atoms. The van der Waals surface area contributed by atoms with E-state index in [9.17, 15) is 4.79 Å². The highest BCUT2D eigenvalue weighted by molar-refractivity contribution is 5.93. The second kappa shape index (κ2) is 8.25. The Bertz CT molecular complexity index is 845. The Morgan fingerprint density at radius 3 is 2.27 bits per heavy atom. The maximum atomic E-state index is 12.4. The first-order valence-corrected chi connectivity index (χ1v) is 8.69. The lowest BCUT2D eigenvalue weighted by molar-refractivity contribution is 0.0939. The lowest BCUT2D eigenvalue weighted by atomic mass is 10.1. The highest BCUT2D eigenvalue weighted by Gasteiger charge is 2.12. The van der Waals surface area contributed by atoms with Crippen LogP contribution in [0.5, 0.6) is 0 Å². The van der Waals surface area contributed by atoms with Crippen molar-refractivity contribution in [2.75, 3.05) is 5.32 Å². The largest absolute Gasteiger partial charge is 0.345 e. The van der Waals surface area contributed by atoms with Crippen molar-refractivity contribution < 1.29 is 4.79 Å². The predicted octanol–water partition coefficient (Wildman–Crippen LogP) is 4.27. The predicted molar refractivity (Wildman–Crippen MR) is 103 cm³/mol. The van der Waals surface area contributed by atoms with Crippen LogP contribution in [0.25, 0.3) is 0 Å². The molecule has 3 aromatic rings. The van der Waals surface area contributed by atoms with Gasteiger partial charge in [0.05, 0.1) is 11.6 Å². The summed E-state index contributed by atoms with van der Waals surface area (Å²) in [5, 5.41) is 6.09. The number of carbonyl (C=O) groups excluding carboxylic acids is 1. The van der Waals surface area contributed by atoms with E-state index in [1.54, 1.807) is 0 Å². The molecule has 0 radical (unpaired) electrons. The van der Waals surface area contributed by atoms with Crippen molar-refractivity contribution in [3.8, 4) is 0 Å². The standard InChI is InChI=1S/C21H22N4O/c1-3-16-9-11-19(12-10-16)25-21-22-13-18(14-23-21)20(26)24-15(2)17-7-5-4-6-8-17/h4-15H,3H2,1-2H3,(H,24,26)(H,22,23,25). The van der Waals surface area contributed by atoms with E-state index in [0.717, 1.165) is 17.7 Å². The highest BCUT2D eigenvalue weighted by Crippen LogP contribution is 2.15. The Morgan fingerprint density at radius 2 is 1.65 bits per heavy atom. The smallest absolute Gasteiger partial charge is 0.254 e. The molecule has 1 aromatic heterocycles. The molecule has 0 saturated carbocycles. The molecule has 0 fully saturated rings. The number of amides is 1. The van der Waals surface area contributed by atoms with Crippen LogP contribution in [-0.2, 0) is 6.42 Å². The fourth-order valence-corrected chi connectivity index (χ4v) is 2.57. The highest BCUT2D eigenvalue weighted by atomic mass is 16.1. The summed E-state index contributed by atoms with van der Waals surface area (Å²) in [7, 11) is 0. The number of anilines is 2. The van der Waals surface area contributed by atoms with Gasteiger partial charge in [-0.3, -0.25) is 4.79 Å². The summed E-state index contributed by atoms with van der Waals surface area (Å²) in [4.78, 5) is 20.8. The first-order valence-electron chi connectivity index (χ1n) is 8.69. The third-order valence-electron chi connectivity index (χ3n) is 4.18. The number of nitrogens with zero attached hydrogens (tertiary/aromatic N) is 2. The molecule has 132 valence electrons. The van der Waals surface area contributed by atoms with Crippen molar-refractivity contribution in [3.63, 3.8) is 0 Å². The van der Waals surface area contributed by atoms with Crippen LogP contribution in [0, 0.1) is 0 Å². The van der Waals surface area contributed by atoms with Crippen molar-refractivity contribution in [3.05, 3.63) is 83.7 Å². The van der Waals surface area contributed by atoms with E-state index in [1.165, 1.54) is 18.0 Å². The molecule has 3 rings (SSSR count). The second-order valence-electron chi connectivity index (χ2n) is 6.08. The topological polar surface area (TPSA) is 66.9 Å². The first-order chi connectivity index (χ1) is 12.7. The third-order valence-corrected chi connectivity index (χ3v) is 4.18. The zero-order valence-electron chi connectivity index (χ0n) is 14.9. The zero-order valence-corrected chi connectivity index (χ0v) is 14.9. The summed E-state index contributed by atoms with van der Waals surface area (Å²) in [5.41, 5.74) is 3.67. The first kappa shape index (κ1) is 17.6. The maximum absolute atomic E-state index is 12.4. The number of aromatic nitrogens is 2. The van der Waals surface area contributed by atoms with Gasteiger partial charge in [0.15, 0.2) is 0 Å². The Balaban J connectivity index is 1.62. The number of benzene rings is 2. The van der Waals surface area contributed by atoms with Gasteiger partial charge in [0.1, 0.15) is 0 Å². The molecule has 0 aliphatic carbocycles. The second-order valence-corrected chi connectivity index (χ2v) is 6.08. The van der Waals surface area contributed by atoms with Gasteiger partial charge in [-0.25, -0.2) is 9.97 Å². The molecule has 5 nitrogen and oxygen atoms in total. The fraction of sp³-hybridized carbons (Fsp3) is 0.190. The van der Waals surface area contributed by atoms with E-state index in [4.69, 9.17) is 0 Å². The van der Waals surface area contributed by atoms with Gasteiger partial charge in [-0.05, 0) is 36.6 Å². The summed E-state index contributed by atoms with van der Waals surface area (Å²) in [5.74, 6) is 0.266. The van der Waals surface area contributed by atoms with Crippen molar-refractivity contribution in [2.24, 2.45) is 0 Å². The molecular formula is C21H22N4O. The Labute approximate surface area is 153 Å². The minimum atomic E-state index is -0.194. The van der Waals surface area contributed by atoms with Crippen molar-refractivity contribution in [1.29, 1.82) is 0 Å². The third kappa shape index (κ3) is 4.45. The van der Waals surface area contributed by atoms with E-state index < -0.39 is 0 Å². The Kier molecular flexibility index (Phi) is 5.59. The SMILES string of the molecule is CCc1ccc(Nc2ncc(C(=O)NC(C)c3ccccc3)cn2)cc1. The van der Waals surface area contributed by atoms with Gasteiger partial charge in [-0.1, -0.05) is 49.4 Å². The number of aryl methyl sites for hydroxylation is 1. The number of carbonyl (C=O) groups is 1. The van der Waals surface area contributed by atoms with E-state index in [0.29, 0.717) is 11.5 Å². The van der Waals surface area contributed by atoms with Crippen molar-refractivity contribution in [1.82, 2.24) is 15.3 Å². The number of rotatable bonds is 6. The summed E-state index contributed by atoms with van der Waals surface area (Å²) in [6.45, 7) is 4.07. The van der Waals surface area contributed by atoms with Gasteiger partial charge in [-0.2, -0.15) is 0 Å². The minimum Gasteiger partial charge on any atom is -0.345 e. The molecule has 0 bridgehead atoms. The van der Waals surface area contributed by atoms with Crippen molar-refractivity contribution >= 4 is 17.5 Å². The molecule has 2 aromatic carbocycles. The van der Waals surface area contributed by atoms with Crippen LogP contribution in [0.2, 0.25) is 0 Å². The molecule has 0 spiro atoms. The molecular weight excluding hydrogens is 324 g/mol. The summed E-state index contributed by atoms with van der Waals surface area (Å²) < 4.78 is 0. The maximum Gasteiger partial charge on any atom is 0.254 e. The van der Waals surface area contributed by atoms with Crippen LogP contribution >= 0.6 is 0 Å². The minimum absolute atomic E-state index is 0.0846. The van der Waals surface area contributed by atoms with Crippen LogP contribution in [0.4, 0.5) is 11.6 Å². The fourth-order valence-electron chi connectivity index (χ4n) is 2.57. The molecule has 1 amide bonds. The van der Waals surface area contributed by atoms with Crippen LogP contribution in [-0.4, -0.2) is 15.9 Å². The number of hydrogen-bond acceptors (Lipinski definition) is 4. The molecule has 2 N–H and O–H groups in total. The lowest BCUT2D eigenvalue weighted by Crippen LogP contribution is -2.26. The summed E-state index contributed by atoms with van der Waals surface area (Å²) in [6.07, 6.45) is 4.06. The van der Waals surface area contributed by atoms with Gasteiger partial charge in [0.2, 0.25) is 5.95 Å². The average molecular weight is 346 g/mol. The molecule has 5 heteroatoms. The Hall–Kier alpha value is -3.21. The number of nitrogens with one attached hydrogen (secondary N) is 2. The quantitative estimate of drug-likeness (QED) is 0.699.